The van der Waals surface area contributed by atoms with E-state index in [9.17, 15) is 14.4 Å². The van der Waals surface area contributed by atoms with Crippen molar-refractivity contribution in [2.75, 3.05) is 0 Å². The lowest BCUT2D eigenvalue weighted by atomic mass is 10.1. The third-order valence-electron chi connectivity index (χ3n) is 4.04. The average Bonchev–Trinajstić information content (AvgIpc) is 3.16. The first kappa shape index (κ1) is 14.4. The molecule has 1 aliphatic carbocycles. The molecule has 0 bridgehead atoms. The summed E-state index contributed by atoms with van der Waals surface area (Å²) in [6.45, 7) is 0. The molecule has 9 heteroatoms. The zero-order valence-corrected chi connectivity index (χ0v) is 12.3. The third-order valence-corrected chi connectivity index (χ3v) is 4.04. The van der Waals surface area contributed by atoms with Crippen LogP contribution < -0.4 is 16.6 Å². The minimum absolute atomic E-state index is 0.249. The van der Waals surface area contributed by atoms with Crippen molar-refractivity contribution in [2.24, 2.45) is 20.0 Å². The van der Waals surface area contributed by atoms with Crippen LogP contribution >= 0.6 is 0 Å². The molecule has 0 aliphatic heterocycles. The zero-order chi connectivity index (χ0) is 16.0. The summed E-state index contributed by atoms with van der Waals surface area (Å²) < 4.78 is 2.80. The molecule has 9 nitrogen and oxygen atoms in total. The van der Waals surface area contributed by atoms with Gasteiger partial charge in [0.2, 0.25) is 0 Å². The van der Waals surface area contributed by atoms with Crippen LogP contribution in [0.3, 0.4) is 0 Å². The van der Waals surface area contributed by atoms with Crippen LogP contribution in [-0.4, -0.2) is 30.3 Å². The van der Waals surface area contributed by atoms with Crippen molar-refractivity contribution in [1.29, 1.82) is 0 Å². The van der Waals surface area contributed by atoms with Gasteiger partial charge in [0.1, 0.15) is 5.82 Å². The van der Waals surface area contributed by atoms with E-state index < -0.39 is 23.4 Å². The van der Waals surface area contributed by atoms with Crippen molar-refractivity contribution in [3.63, 3.8) is 0 Å². The van der Waals surface area contributed by atoms with Crippen LogP contribution in [0.15, 0.2) is 9.59 Å². The van der Waals surface area contributed by atoms with Crippen LogP contribution in [0.5, 0.6) is 0 Å². The average molecular weight is 307 g/mol. The molecule has 0 spiro atoms. The molecule has 1 aliphatic rings. The van der Waals surface area contributed by atoms with Crippen LogP contribution in [-0.2, 0) is 14.1 Å². The second-order valence-electron chi connectivity index (χ2n) is 5.70. The molecule has 0 aromatic carbocycles. The number of fused-ring (bicyclic) bond motifs is 1. The van der Waals surface area contributed by atoms with Gasteiger partial charge < -0.3 is 15.0 Å². The van der Waals surface area contributed by atoms with Gasteiger partial charge in [0.15, 0.2) is 11.2 Å². The normalized spacial score (nSPS) is 15.9. The van der Waals surface area contributed by atoms with E-state index >= 15 is 0 Å². The molecule has 1 saturated carbocycles. The number of hydrogen-bond donors (Lipinski definition) is 3. The number of nitrogens with zero attached hydrogens (tertiary/aromatic N) is 3. The Balaban J connectivity index is 2.16. The number of carboxylic acid groups (broad SMARTS) is 1. The highest BCUT2D eigenvalue weighted by Crippen LogP contribution is 2.37. The van der Waals surface area contributed by atoms with Gasteiger partial charge in [-0.05, 0) is 12.3 Å². The fraction of sp³-hybridized carbons (Fsp3) is 0.538. The summed E-state index contributed by atoms with van der Waals surface area (Å²) in [6.07, 6.45) is 1.64. The van der Waals surface area contributed by atoms with Gasteiger partial charge in [-0.3, -0.25) is 14.3 Å². The summed E-state index contributed by atoms with van der Waals surface area (Å²) in [5.41, 5.74) is -0.573. The van der Waals surface area contributed by atoms with Crippen molar-refractivity contribution in [1.82, 2.24) is 24.4 Å². The van der Waals surface area contributed by atoms with Crippen molar-refractivity contribution in [3.8, 4) is 0 Å². The zero-order valence-electron chi connectivity index (χ0n) is 12.3. The number of carbonyl (C=O) groups is 1. The van der Waals surface area contributed by atoms with Gasteiger partial charge in [0.25, 0.3) is 5.56 Å². The topological polar surface area (TPSA) is 122 Å². The Morgan fingerprint density at radius 1 is 1.41 bits per heavy atom. The van der Waals surface area contributed by atoms with Crippen molar-refractivity contribution in [3.05, 3.63) is 26.7 Å². The quantitative estimate of drug-likeness (QED) is 0.737. The third kappa shape index (κ3) is 2.38. The predicted octanol–water partition coefficient (Wildman–Crippen LogP) is 0.0691. The summed E-state index contributed by atoms with van der Waals surface area (Å²) >= 11 is 0. The van der Waals surface area contributed by atoms with Crippen LogP contribution in [0, 0.1) is 5.92 Å². The molecular formula is C13H17N5O4. The number of nitrogens with one attached hydrogen (secondary N) is 2. The molecule has 1 fully saturated rings. The summed E-state index contributed by atoms with van der Waals surface area (Å²) in [5.74, 6) is 0.912. The number of aryl methyl sites for hydroxylation is 2. The summed E-state index contributed by atoms with van der Waals surface area (Å²) in [4.78, 5) is 41.3. The van der Waals surface area contributed by atoms with Crippen molar-refractivity contribution < 1.29 is 9.90 Å². The molecule has 1 atom stereocenters. The lowest BCUT2D eigenvalue weighted by Crippen LogP contribution is -2.30. The van der Waals surface area contributed by atoms with E-state index in [-0.39, 0.29) is 11.2 Å². The van der Waals surface area contributed by atoms with E-state index in [1.165, 1.54) is 11.6 Å². The predicted molar refractivity (Wildman–Crippen MR) is 77.8 cm³/mol. The molecule has 0 radical (unpaired) electrons. The summed E-state index contributed by atoms with van der Waals surface area (Å²) in [6, 6.07) is -0.503. The number of hydrogen-bond acceptors (Lipinski definition) is 4. The van der Waals surface area contributed by atoms with E-state index in [2.05, 4.69) is 15.3 Å². The second kappa shape index (κ2) is 5.00. The number of H-pyrrole nitrogens is 1. The Morgan fingerprint density at radius 3 is 2.68 bits per heavy atom. The first-order valence-corrected chi connectivity index (χ1v) is 7.03. The number of rotatable bonds is 4. The van der Waals surface area contributed by atoms with E-state index in [1.807, 2.05) is 0 Å². The molecule has 1 amide bonds. The smallest absolute Gasteiger partial charge is 0.405 e. The lowest BCUT2D eigenvalue weighted by Gasteiger charge is -2.16. The fourth-order valence-electron chi connectivity index (χ4n) is 2.70. The van der Waals surface area contributed by atoms with Gasteiger partial charge in [-0.15, -0.1) is 0 Å². The number of imidazole rings is 1. The highest BCUT2D eigenvalue weighted by atomic mass is 16.4. The molecule has 1 unspecified atom stereocenters. The molecular weight excluding hydrogens is 290 g/mol. The van der Waals surface area contributed by atoms with Gasteiger partial charge in [0, 0.05) is 14.1 Å². The van der Waals surface area contributed by atoms with E-state index in [4.69, 9.17) is 5.11 Å². The lowest BCUT2D eigenvalue weighted by molar-refractivity contribution is 0.188. The van der Waals surface area contributed by atoms with Gasteiger partial charge in [-0.1, -0.05) is 12.8 Å². The van der Waals surface area contributed by atoms with Crippen LogP contribution in [0.2, 0.25) is 0 Å². The Kier molecular flexibility index (Phi) is 3.27. The van der Waals surface area contributed by atoms with E-state index in [1.54, 1.807) is 11.6 Å². The van der Waals surface area contributed by atoms with Crippen LogP contribution in [0.4, 0.5) is 4.79 Å². The SMILES string of the molecule is Cn1c(C(CC2CC2)NC(=O)O)nc2c1c(=O)[nH]c(=O)n2C. The summed E-state index contributed by atoms with van der Waals surface area (Å²) in [5, 5.41) is 11.5. The van der Waals surface area contributed by atoms with Gasteiger partial charge in [0.05, 0.1) is 6.04 Å². The molecule has 0 saturated heterocycles. The van der Waals surface area contributed by atoms with Crippen molar-refractivity contribution >= 4 is 17.3 Å². The number of aromatic nitrogens is 4. The highest BCUT2D eigenvalue weighted by molar-refractivity contribution is 5.71. The minimum Gasteiger partial charge on any atom is -0.465 e. The van der Waals surface area contributed by atoms with Gasteiger partial charge in [-0.25, -0.2) is 14.6 Å². The maximum atomic E-state index is 12.0. The Morgan fingerprint density at radius 2 is 2.09 bits per heavy atom. The first-order chi connectivity index (χ1) is 10.4. The molecule has 3 rings (SSSR count). The van der Waals surface area contributed by atoms with Crippen molar-refractivity contribution in [2.45, 2.75) is 25.3 Å². The Hall–Kier alpha value is -2.58. The number of amides is 1. The Labute approximate surface area is 124 Å². The molecule has 22 heavy (non-hydrogen) atoms. The fourth-order valence-corrected chi connectivity index (χ4v) is 2.70. The standard InChI is InChI=1S/C13H17N5O4/c1-17-8-10(18(2)12(20)16-11(8)19)15-9(17)7(14-13(21)22)5-6-3-4-6/h6-7,14H,3-5H2,1-2H3,(H,21,22)(H,16,19,20). The van der Waals surface area contributed by atoms with Crippen LogP contribution in [0.25, 0.3) is 11.2 Å². The monoisotopic (exact) mass is 307 g/mol. The largest absolute Gasteiger partial charge is 0.465 e. The maximum absolute atomic E-state index is 12.0. The van der Waals surface area contributed by atoms with Crippen LogP contribution in [0.1, 0.15) is 31.1 Å². The molecule has 2 aromatic rings. The molecule has 2 heterocycles. The minimum atomic E-state index is -1.14. The maximum Gasteiger partial charge on any atom is 0.405 e. The second-order valence-corrected chi connectivity index (χ2v) is 5.70. The molecule has 118 valence electrons. The first-order valence-electron chi connectivity index (χ1n) is 7.03. The van der Waals surface area contributed by atoms with Gasteiger partial charge >= 0.3 is 11.8 Å². The van der Waals surface area contributed by atoms with Gasteiger partial charge in [-0.2, -0.15) is 0 Å². The van der Waals surface area contributed by atoms with E-state index in [0.29, 0.717) is 18.2 Å². The van der Waals surface area contributed by atoms with E-state index in [0.717, 1.165) is 12.8 Å². The highest BCUT2D eigenvalue weighted by Gasteiger charge is 2.30. The molecule has 3 N–H and O–H groups in total. The Bertz CT molecular complexity index is 858. The molecule has 2 aromatic heterocycles. The number of aromatic amines is 1. The summed E-state index contributed by atoms with van der Waals surface area (Å²) in [7, 11) is 3.16.